The number of carboxylic acids is 1. The highest BCUT2D eigenvalue weighted by atomic mass is 32.2. The van der Waals surface area contributed by atoms with Crippen LogP contribution in [-0.2, 0) is 11.2 Å². The van der Waals surface area contributed by atoms with E-state index < -0.39 is 10.9 Å². The van der Waals surface area contributed by atoms with E-state index in [2.05, 4.69) is 20.0 Å². The number of hydrogen-bond acceptors (Lipinski definition) is 9. The molecule has 0 unspecified atom stereocenters. The molecule has 0 saturated carbocycles. The lowest BCUT2D eigenvalue weighted by Gasteiger charge is -2.34. The first-order valence-corrected chi connectivity index (χ1v) is 9.86. The molecule has 1 aliphatic heterocycles. The number of piperazine rings is 1. The Morgan fingerprint density at radius 2 is 2.07 bits per heavy atom. The summed E-state index contributed by atoms with van der Waals surface area (Å²) in [4.78, 5) is 26.8. The zero-order valence-electron chi connectivity index (χ0n) is 16.1. The molecule has 1 aromatic carbocycles. The van der Waals surface area contributed by atoms with Gasteiger partial charge in [-0.05, 0) is 31.0 Å². The van der Waals surface area contributed by atoms with Gasteiger partial charge in [0.2, 0.25) is 5.89 Å². The molecule has 0 amide bonds. The van der Waals surface area contributed by atoms with E-state index in [4.69, 9.17) is 4.42 Å². The summed E-state index contributed by atoms with van der Waals surface area (Å²) in [7, 11) is 2.03. The molecule has 0 spiro atoms. The van der Waals surface area contributed by atoms with Crippen LogP contribution < -0.4 is 4.90 Å². The topological polar surface area (TPSA) is 126 Å². The van der Waals surface area contributed by atoms with Crippen molar-refractivity contribution in [2.45, 2.75) is 18.6 Å². The average molecular weight is 419 g/mol. The van der Waals surface area contributed by atoms with E-state index in [1.807, 2.05) is 14.0 Å². The molecule has 2 aromatic rings. The Kier molecular flexibility index (Phi) is 6.49. The fraction of sp³-hybridized carbons (Fsp3) is 0.389. The number of anilines is 1. The largest absolute Gasteiger partial charge is 0.477 e. The van der Waals surface area contributed by atoms with E-state index in [1.165, 1.54) is 18.2 Å². The Hall–Kier alpha value is -2.92. The first kappa shape index (κ1) is 20.8. The fourth-order valence-electron chi connectivity index (χ4n) is 2.90. The summed E-state index contributed by atoms with van der Waals surface area (Å²) < 4.78 is 5.38. The standard InChI is InChI=1S/C18H21N5O5S/c1-3-16-19-20-18(28-16)29-15(17(24)25)11-12-10-13(23(26)27)4-5-14(12)22-8-6-21(2)7-9-22/h4-5,10-11H,3,6-9H2,1-2H3,(H,24,25)/b15-11+. The Morgan fingerprint density at radius 1 is 1.34 bits per heavy atom. The van der Waals surface area contributed by atoms with Gasteiger partial charge in [-0.15, -0.1) is 10.2 Å². The van der Waals surface area contributed by atoms with Gasteiger partial charge in [0.05, 0.1) is 4.92 Å². The predicted octanol–water partition coefficient (Wildman–Crippen LogP) is 2.51. The summed E-state index contributed by atoms with van der Waals surface area (Å²) in [6.07, 6.45) is 1.96. The third-order valence-corrected chi connectivity index (χ3v) is 5.36. The van der Waals surface area contributed by atoms with Crippen molar-refractivity contribution in [3.8, 4) is 0 Å². The molecule has 3 rings (SSSR count). The molecule has 29 heavy (non-hydrogen) atoms. The van der Waals surface area contributed by atoms with Crippen LogP contribution in [0.5, 0.6) is 0 Å². The number of non-ortho nitro benzene ring substituents is 1. The van der Waals surface area contributed by atoms with E-state index in [9.17, 15) is 20.0 Å². The van der Waals surface area contributed by atoms with Crippen LogP contribution in [0, 0.1) is 10.1 Å². The van der Waals surface area contributed by atoms with Gasteiger partial charge in [-0.25, -0.2) is 4.79 Å². The molecule has 154 valence electrons. The molecule has 11 heteroatoms. The number of aromatic nitrogens is 2. The lowest BCUT2D eigenvalue weighted by atomic mass is 10.1. The van der Waals surface area contributed by atoms with Gasteiger partial charge in [-0.3, -0.25) is 10.1 Å². The minimum atomic E-state index is -1.18. The number of nitro benzene ring substituents is 1. The summed E-state index contributed by atoms with van der Waals surface area (Å²) in [5.41, 5.74) is 1.11. The van der Waals surface area contributed by atoms with Gasteiger partial charge in [0, 0.05) is 56.0 Å². The van der Waals surface area contributed by atoms with Crippen molar-refractivity contribution in [1.82, 2.24) is 15.1 Å². The number of nitro groups is 1. The first-order chi connectivity index (χ1) is 13.9. The number of nitrogens with zero attached hydrogens (tertiary/aromatic N) is 5. The fourth-order valence-corrected chi connectivity index (χ4v) is 3.58. The first-order valence-electron chi connectivity index (χ1n) is 9.04. The molecule has 0 atom stereocenters. The van der Waals surface area contributed by atoms with Crippen LogP contribution in [0.25, 0.3) is 6.08 Å². The van der Waals surface area contributed by atoms with Gasteiger partial charge in [0.15, 0.2) is 0 Å². The Labute approximate surface area is 171 Å². The maximum atomic E-state index is 11.8. The molecule has 2 heterocycles. The number of rotatable bonds is 7. The van der Waals surface area contributed by atoms with Crippen molar-refractivity contribution < 1.29 is 19.2 Å². The van der Waals surface area contributed by atoms with Gasteiger partial charge in [0.1, 0.15) is 4.91 Å². The molecular weight excluding hydrogens is 398 g/mol. The summed E-state index contributed by atoms with van der Waals surface area (Å²) in [6.45, 7) is 5.04. The van der Waals surface area contributed by atoms with Crippen LogP contribution in [-0.4, -0.2) is 64.3 Å². The number of thioether (sulfide) groups is 1. The maximum Gasteiger partial charge on any atom is 0.342 e. The quantitative estimate of drug-likeness (QED) is 0.309. The molecule has 1 fully saturated rings. The van der Waals surface area contributed by atoms with E-state index >= 15 is 0 Å². The SMILES string of the molecule is CCc1nnc(S/C(=C/c2cc([N+](=O)[O-])ccc2N2CCN(C)CC2)C(=O)O)o1. The molecule has 1 aromatic heterocycles. The Morgan fingerprint density at radius 3 is 2.66 bits per heavy atom. The Balaban J connectivity index is 1.98. The molecule has 1 N–H and O–H groups in total. The van der Waals surface area contributed by atoms with Crippen molar-refractivity contribution in [3.63, 3.8) is 0 Å². The highest BCUT2D eigenvalue weighted by Gasteiger charge is 2.21. The van der Waals surface area contributed by atoms with E-state index in [-0.39, 0.29) is 15.8 Å². The molecule has 1 aliphatic rings. The number of hydrogen-bond donors (Lipinski definition) is 1. The lowest BCUT2D eigenvalue weighted by Crippen LogP contribution is -2.44. The number of aliphatic carboxylic acids is 1. The molecule has 0 radical (unpaired) electrons. The molecule has 10 nitrogen and oxygen atoms in total. The summed E-state index contributed by atoms with van der Waals surface area (Å²) >= 11 is 0.823. The highest BCUT2D eigenvalue weighted by Crippen LogP contribution is 2.33. The van der Waals surface area contributed by atoms with Gasteiger partial charge in [-0.2, -0.15) is 0 Å². The van der Waals surface area contributed by atoms with Crippen LogP contribution >= 0.6 is 11.8 Å². The van der Waals surface area contributed by atoms with Gasteiger partial charge < -0.3 is 19.3 Å². The number of benzene rings is 1. The maximum absolute atomic E-state index is 11.8. The number of carboxylic acid groups (broad SMARTS) is 1. The minimum absolute atomic E-state index is 0.0628. The van der Waals surface area contributed by atoms with Crippen LogP contribution in [0.15, 0.2) is 32.7 Å². The van der Waals surface area contributed by atoms with Crippen molar-refractivity contribution in [2.75, 3.05) is 38.1 Å². The van der Waals surface area contributed by atoms with Crippen LogP contribution in [0.1, 0.15) is 18.4 Å². The lowest BCUT2D eigenvalue weighted by molar-refractivity contribution is -0.384. The monoisotopic (exact) mass is 419 g/mol. The second-order valence-electron chi connectivity index (χ2n) is 6.52. The second kappa shape index (κ2) is 9.05. The number of aryl methyl sites for hydroxylation is 1. The summed E-state index contributed by atoms with van der Waals surface area (Å²) in [6, 6.07) is 4.49. The van der Waals surface area contributed by atoms with E-state index in [0.717, 1.165) is 43.6 Å². The highest BCUT2D eigenvalue weighted by molar-refractivity contribution is 8.03. The minimum Gasteiger partial charge on any atom is -0.477 e. The molecular formula is C18H21N5O5S. The van der Waals surface area contributed by atoms with Crippen molar-refractivity contribution in [2.24, 2.45) is 0 Å². The Bertz CT molecular complexity index is 936. The van der Waals surface area contributed by atoms with Crippen LogP contribution in [0.3, 0.4) is 0 Å². The smallest absolute Gasteiger partial charge is 0.342 e. The van der Waals surface area contributed by atoms with Crippen molar-refractivity contribution in [1.29, 1.82) is 0 Å². The summed E-state index contributed by atoms with van der Waals surface area (Å²) in [5.74, 6) is -0.771. The third kappa shape index (κ3) is 5.12. The van der Waals surface area contributed by atoms with Gasteiger partial charge in [0.25, 0.3) is 10.9 Å². The molecule has 0 bridgehead atoms. The van der Waals surface area contributed by atoms with Crippen molar-refractivity contribution in [3.05, 3.63) is 44.7 Å². The molecule has 1 saturated heterocycles. The van der Waals surface area contributed by atoms with Crippen LogP contribution in [0.4, 0.5) is 11.4 Å². The normalized spacial score (nSPS) is 15.5. The molecule has 0 aliphatic carbocycles. The zero-order chi connectivity index (χ0) is 21.0. The van der Waals surface area contributed by atoms with E-state index in [0.29, 0.717) is 17.9 Å². The zero-order valence-corrected chi connectivity index (χ0v) is 16.9. The summed E-state index contributed by atoms with van der Waals surface area (Å²) in [5, 5.41) is 28.7. The average Bonchev–Trinajstić information content (AvgIpc) is 3.15. The van der Waals surface area contributed by atoms with Gasteiger partial charge in [-0.1, -0.05) is 6.92 Å². The third-order valence-electron chi connectivity index (χ3n) is 4.51. The van der Waals surface area contributed by atoms with Crippen molar-refractivity contribution >= 4 is 35.2 Å². The van der Waals surface area contributed by atoms with Crippen LogP contribution in [0.2, 0.25) is 0 Å². The number of likely N-dealkylation sites (N-methyl/N-ethyl adjacent to an activating group) is 1. The van der Waals surface area contributed by atoms with Gasteiger partial charge >= 0.3 is 5.97 Å². The second-order valence-corrected chi connectivity index (χ2v) is 7.51. The predicted molar refractivity (Wildman–Crippen MR) is 108 cm³/mol. The van der Waals surface area contributed by atoms with E-state index in [1.54, 1.807) is 6.07 Å². The number of carbonyl (C=O) groups is 1.